The van der Waals surface area contributed by atoms with Crippen LogP contribution in [0.3, 0.4) is 0 Å². The molecular weight excluding hydrogens is 364 g/mol. The maximum absolute atomic E-state index is 12.7. The molecule has 1 N–H and O–H groups in total. The Balaban J connectivity index is 1.44. The third kappa shape index (κ3) is 3.42. The number of hydrogen-bond donors (Lipinski definition) is 1. The number of fused-ring (bicyclic) bond motifs is 1. The summed E-state index contributed by atoms with van der Waals surface area (Å²) in [6, 6.07) is 13.8. The molecule has 1 saturated heterocycles. The minimum atomic E-state index is -0.337. The molecule has 1 aromatic carbocycles. The lowest BCUT2D eigenvalue weighted by atomic mass is 10.1. The Hall–Kier alpha value is -3.74. The van der Waals surface area contributed by atoms with Crippen molar-refractivity contribution in [2.45, 2.75) is 12.8 Å². The summed E-state index contributed by atoms with van der Waals surface area (Å²) in [6.07, 6.45) is 9.45. The Morgan fingerprint density at radius 3 is 2.55 bits per heavy atom. The fourth-order valence-corrected chi connectivity index (χ4v) is 3.65. The number of rotatable bonds is 4. The molecule has 7 heteroatoms. The van der Waals surface area contributed by atoms with Gasteiger partial charge in [-0.25, -0.2) is 15.0 Å². The van der Waals surface area contributed by atoms with Crippen molar-refractivity contribution in [3.8, 4) is 11.3 Å². The topological polar surface area (TPSA) is 75.4 Å². The maximum atomic E-state index is 12.7. The molecule has 1 aliphatic rings. The predicted octanol–water partition coefficient (Wildman–Crippen LogP) is 3.64. The number of nitrogens with one attached hydrogen (secondary N) is 1. The van der Waals surface area contributed by atoms with Gasteiger partial charge in [0.1, 0.15) is 5.82 Å². The molecule has 1 aliphatic heterocycles. The van der Waals surface area contributed by atoms with Gasteiger partial charge in [0.25, 0.3) is 5.91 Å². The van der Waals surface area contributed by atoms with E-state index in [-0.39, 0.29) is 11.6 Å². The summed E-state index contributed by atoms with van der Waals surface area (Å²) in [4.78, 5) is 28.1. The molecule has 4 heterocycles. The Kier molecular flexibility index (Phi) is 4.40. The van der Waals surface area contributed by atoms with Gasteiger partial charge >= 0.3 is 0 Å². The molecule has 5 rings (SSSR count). The highest BCUT2D eigenvalue weighted by molar-refractivity contribution is 6.06. The van der Waals surface area contributed by atoms with Crippen LogP contribution in [0.2, 0.25) is 0 Å². The predicted molar refractivity (Wildman–Crippen MR) is 112 cm³/mol. The molecule has 0 spiro atoms. The zero-order valence-electron chi connectivity index (χ0n) is 15.8. The highest BCUT2D eigenvalue weighted by atomic mass is 16.2. The van der Waals surface area contributed by atoms with Crippen LogP contribution in [0.4, 0.5) is 11.5 Å². The minimum absolute atomic E-state index is 0.262. The van der Waals surface area contributed by atoms with E-state index in [9.17, 15) is 4.79 Å². The van der Waals surface area contributed by atoms with Gasteiger partial charge < -0.3 is 14.6 Å². The van der Waals surface area contributed by atoms with Crippen LogP contribution in [0, 0.1) is 0 Å². The number of imidazole rings is 1. The van der Waals surface area contributed by atoms with Crippen molar-refractivity contribution < 1.29 is 4.79 Å². The van der Waals surface area contributed by atoms with E-state index in [1.54, 1.807) is 30.7 Å². The van der Waals surface area contributed by atoms with Crippen molar-refractivity contribution >= 4 is 23.1 Å². The van der Waals surface area contributed by atoms with Crippen molar-refractivity contribution in [3.63, 3.8) is 0 Å². The zero-order chi connectivity index (χ0) is 19.6. The van der Waals surface area contributed by atoms with E-state index in [1.165, 1.54) is 18.5 Å². The average molecular weight is 384 g/mol. The quantitative estimate of drug-likeness (QED) is 0.581. The van der Waals surface area contributed by atoms with Crippen LogP contribution in [0.5, 0.6) is 0 Å². The Labute approximate surface area is 168 Å². The third-order valence-electron chi connectivity index (χ3n) is 5.13. The van der Waals surface area contributed by atoms with Crippen LogP contribution in [0.15, 0.2) is 67.3 Å². The molecule has 1 amide bonds. The highest BCUT2D eigenvalue weighted by Crippen LogP contribution is 2.25. The van der Waals surface area contributed by atoms with E-state index in [4.69, 9.17) is 0 Å². The van der Waals surface area contributed by atoms with E-state index in [0.717, 1.165) is 24.3 Å². The number of pyridine rings is 1. The zero-order valence-corrected chi connectivity index (χ0v) is 15.8. The lowest BCUT2D eigenvalue weighted by Crippen LogP contribution is -2.17. The molecule has 3 aromatic heterocycles. The molecular formula is C22H20N6O. The number of benzene rings is 1. The summed E-state index contributed by atoms with van der Waals surface area (Å²) in [7, 11) is 0. The molecule has 0 unspecified atom stereocenters. The number of carbonyl (C=O) groups is 1. The second-order valence-electron chi connectivity index (χ2n) is 7.04. The molecule has 29 heavy (non-hydrogen) atoms. The number of carbonyl (C=O) groups excluding carboxylic acids is 1. The Morgan fingerprint density at radius 2 is 1.79 bits per heavy atom. The van der Waals surface area contributed by atoms with Gasteiger partial charge in [0.05, 0.1) is 5.69 Å². The van der Waals surface area contributed by atoms with Crippen molar-refractivity contribution in [2.75, 3.05) is 23.3 Å². The Bertz CT molecular complexity index is 1150. The van der Waals surface area contributed by atoms with E-state index in [0.29, 0.717) is 11.5 Å². The fraction of sp³-hybridized carbons (Fsp3) is 0.182. The van der Waals surface area contributed by atoms with Gasteiger partial charge in [-0.15, -0.1) is 0 Å². The lowest BCUT2D eigenvalue weighted by molar-refractivity contribution is 0.102. The van der Waals surface area contributed by atoms with Crippen LogP contribution >= 0.6 is 0 Å². The summed E-state index contributed by atoms with van der Waals surface area (Å²) in [6.45, 7) is 2.24. The van der Waals surface area contributed by atoms with Crippen LogP contribution < -0.4 is 10.2 Å². The standard InChI is InChI=1S/C22H20N6O/c29-22(26-19-5-1-2-10-23-19)20-21-25-18(15-28(21)14-11-24-20)16-6-8-17(9-7-16)27-12-3-4-13-27/h1-2,5-11,14-15H,3-4,12-13H2,(H,23,26,29). The van der Waals surface area contributed by atoms with E-state index < -0.39 is 0 Å². The molecule has 1 fully saturated rings. The maximum Gasteiger partial charge on any atom is 0.279 e. The monoisotopic (exact) mass is 384 g/mol. The van der Waals surface area contributed by atoms with Crippen molar-refractivity contribution in [1.29, 1.82) is 0 Å². The molecule has 4 aromatic rings. The SMILES string of the molecule is O=C(Nc1ccccn1)c1nccn2cc(-c3ccc(N4CCCC4)cc3)nc12. The van der Waals surface area contributed by atoms with E-state index in [1.807, 2.05) is 16.7 Å². The van der Waals surface area contributed by atoms with E-state index >= 15 is 0 Å². The molecule has 0 aliphatic carbocycles. The minimum Gasteiger partial charge on any atom is -0.372 e. The number of nitrogens with zero attached hydrogens (tertiary/aromatic N) is 5. The van der Waals surface area contributed by atoms with Crippen molar-refractivity contribution in [2.24, 2.45) is 0 Å². The number of amides is 1. The largest absolute Gasteiger partial charge is 0.372 e. The van der Waals surface area contributed by atoms with Gasteiger partial charge in [0.15, 0.2) is 11.3 Å². The molecule has 7 nitrogen and oxygen atoms in total. The summed E-state index contributed by atoms with van der Waals surface area (Å²) in [5.41, 5.74) is 3.83. The molecule has 0 saturated carbocycles. The first-order valence-electron chi connectivity index (χ1n) is 9.69. The second kappa shape index (κ2) is 7.35. The van der Waals surface area contributed by atoms with Gasteiger partial charge in [0.2, 0.25) is 0 Å². The van der Waals surface area contributed by atoms with Gasteiger partial charge in [-0.3, -0.25) is 4.79 Å². The number of anilines is 2. The molecule has 0 bridgehead atoms. The number of hydrogen-bond acceptors (Lipinski definition) is 5. The van der Waals surface area contributed by atoms with Crippen molar-refractivity contribution in [1.82, 2.24) is 19.4 Å². The van der Waals surface area contributed by atoms with Crippen LogP contribution in [0.1, 0.15) is 23.3 Å². The molecule has 0 atom stereocenters. The lowest BCUT2D eigenvalue weighted by Gasteiger charge is -2.17. The first-order chi connectivity index (χ1) is 14.3. The average Bonchev–Trinajstić information content (AvgIpc) is 3.44. The van der Waals surface area contributed by atoms with Gasteiger partial charge in [-0.2, -0.15) is 0 Å². The number of aromatic nitrogens is 4. The smallest absolute Gasteiger partial charge is 0.279 e. The van der Waals surface area contributed by atoms with Crippen molar-refractivity contribution in [3.05, 3.63) is 72.9 Å². The van der Waals surface area contributed by atoms with E-state index in [2.05, 4.69) is 49.4 Å². The Morgan fingerprint density at radius 1 is 0.966 bits per heavy atom. The summed E-state index contributed by atoms with van der Waals surface area (Å²) in [5, 5.41) is 2.77. The molecule has 144 valence electrons. The van der Waals surface area contributed by atoms with Gasteiger partial charge in [0, 0.05) is 49.1 Å². The van der Waals surface area contributed by atoms with Crippen LogP contribution in [0.25, 0.3) is 16.9 Å². The van der Waals surface area contributed by atoms with Crippen LogP contribution in [-0.2, 0) is 0 Å². The summed E-state index contributed by atoms with van der Waals surface area (Å²) in [5.74, 6) is 0.140. The highest BCUT2D eigenvalue weighted by Gasteiger charge is 2.17. The third-order valence-corrected chi connectivity index (χ3v) is 5.13. The van der Waals surface area contributed by atoms with Gasteiger partial charge in [-0.05, 0) is 37.1 Å². The van der Waals surface area contributed by atoms with Crippen LogP contribution in [-0.4, -0.2) is 38.3 Å². The second-order valence-corrected chi connectivity index (χ2v) is 7.04. The fourth-order valence-electron chi connectivity index (χ4n) is 3.65. The van der Waals surface area contributed by atoms with Gasteiger partial charge in [-0.1, -0.05) is 18.2 Å². The molecule has 0 radical (unpaired) electrons. The first kappa shape index (κ1) is 17.4. The normalized spacial score (nSPS) is 13.7. The first-order valence-corrected chi connectivity index (χ1v) is 9.69. The summed E-state index contributed by atoms with van der Waals surface area (Å²) >= 11 is 0. The summed E-state index contributed by atoms with van der Waals surface area (Å²) < 4.78 is 1.82.